The number of nitrogens with one attached hydrogen (secondary N) is 1. The third kappa shape index (κ3) is 10.4. The second-order valence-electron chi connectivity index (χ2n) is 21.5. The Morgan fingerprint density at radius 1 is 0.689 bits per heavy atom. The summed E-state index contributed by atoms with van der Waals surface area (Å²) in [7, 11) is 0. The molecule has 0 aromatic carbocycles. The number of rotatable bonds is 5. The largest absolute Gasteiger partial charge is 0.266 e. The molecule has 0 unspecified atom stereocenters. The number of aliphatic hydroxyl groups is 2. The van der Waals surface area contributed by atoms with Gasteiger partial charge in [-0.3, -0.25) is 14.7 Å². The zero-order valence-electron chi connectivity index (χ0n) is 37.6. The van der Waals surface area contributed by atoms with Gasteiger partial charge in [0, 0.05) is 11.8 Å². The summed E-state index contributed by atoms with van der Waals surface area (Å²) in [5.41, 5.74) is -0.424. The molecule has 3 N–H and O–H groups in total. The maximum atomic E-state index is 13.1. The molecule has 2 heterocycles. The molecule has 15 heteroatoms. The number of alkyl halides is 1. The van der Waals surface area contributed by atoms with Crippen molar-refractivity contribution in [3.63, 3.8) is 0 Å². The zero-order chi connectivity index (χ0) is 44.2. The number of aromatic nitrogens is 6. The quantitative estimate of drug-likeness (QED) is 0.197. The number of hydrogen-bond acceptors (Lipinski definition) is 10. The van der Waals surface area contributed by atoms with Crippen molar-refractivity contribution >= 4 is 65.1 Å². The zero-order valence-corrected chi connectivity index (χ0v) is 40.8. The van der Waals surface area contributed by atoms with Crippen LogP contribution in [-0.2, 0) is 16.1 Å². The minimum absolute atomic E-state index is 0.172. The second-order valence-corrected chi connectivity index (χ2v) is 22.1. The number of H-pyrrole nitrogens is 1. The smallest absolute Gasteiger partial charge is 0.137 e. The van der Waals surface area contributed by atoms with E-state index in [-0.39, 0.29) is 16.7 Å². The number of ketones is 2. The van der Waals surface area contributed by atoms with Gasteiger partial charge in [0.05, 0.1) is 16.5 Å². The van der Waals surface area contributed by atoms with Gasteiger partial charge in [-0.25, -0.2) is 14.6 Å². The summed E-state index contributed by atoms with van der Waals surface area (Å²) >= 11 is 11.1. The van der Waals surface area contributed by atoms with Crippen molar-refractivity contribution in [1.29, 1.82) is 0 Å². The summed E-state index contributed by atoms with van der Waals surface area (Å²) in [4.78, 5) is 33.1. The first-order valence-electron chi connectivity index (χ1n) is 23.5. The predicted molar refractivity (Wildman–Crippen MR) is 252 cm³/mol. The van der Waals surface area contributed by atoms with Crippen LogP contribution in [0.3, 0.4) is 0 Å². The monoisotopic (exact) mass is 938 g/mol. The molecule has 2 aromatic heterocycles. The summed E-state index contributed by atoms with van der Waals surface area (Å²) < 4.78 is 1.68. The van der Waals surface area contributed by atoms with E-state index >= 15 is 0 Å². The summed E-state index contributed by atoms with van der Waals surface area (Å²) in [5, 5.41) is 31.7. The number of nitrogens with zero attached hydrogens (tertiary/aromatic N) is 5. The molecule has 0 amide bonds. The Bertz CT molecular complexity index is 1710. The molecule has 10 nitrogen and oxygen atoms in total. The fourth-order valence-corrected chi connectivity index (χ4v) is 16.5. The Morgan fingerprint density at radius 2 is 1.18 bits per heavy atom. The third-order valence-electron chi connectivity index (χ3n) is 18.5. The van der Waals surface area contributed by atoms with Gasteiger partial charge in [-0.15, -0.1) is 6.72 Å². The molecule has 8 fully saturated rings. The maximum absolute atomic E-state index is 13.1. The first-order valence-corrected chi connectivity index (χ1v) is 26.0. The Morgan fingerprint density at radius 3 is 1.59 bits per heavy atom. The van der Waals surface area contributed by atoms with E-state index in [1.54, 1.807) is 17.7 Å². The minimum Gasteiger partial charge on any atom is -0.266 e. The van der Waals surface area contributed by atoms with Gasteiger partial charge >= 0.3 is 18.8 Å². The van der Waals surface area contributed by atoms with Gasteiger partial charge < -0.3 is 22.3 Å². The molecule has 10 rings (SSSR count). The first-order chi connectivity index (χ1) is 29.2. The number of halogens is 1. The number of carbonyl (C=O) groups excluding carboxylic acids is 2. The van der Waals surface area contributed by atoms with Gasteiger partial charge in [0.1, 0.15) is 37.6 Å². The maximum Gasteiger partial charge on any atom is 0.137 e. The standard InChI is InChI=1S/C23H35N3O2.C21H33BrO2.C2H3N3.BH2S.BS/c1-22(28)9-7-16-15(11-22)3-4-18-17(16)8-10-23(2)19(18)5-6-20(23)21(27)12-26-14-24-13-25-26;1-20(24)9-7-14-13(11-20)3-4-16-15(14)8-10-21(2)17(16)5-6-18(21)19(23)12-22;1-3-2-5-4-1;2*1-2/h13-20,28H,3-12H2,1-2H3;13-18,24H,3-12H2,1-2H3;1-2H,(H,3,4,5);1H2;/q;;;-1;/t15-,16-,17+,18+,19-,20+,22+,23-;13-,14-,15+,16+,17-,18+,20+,21-;;;/m00.../s1. The Labute approximate surface area is 386 Å². The van der Waals surface area contributed by atoms with Crippen LogP contribution in [0.1, 0.15) is 143 Å². The molecule has 337 valence electrons. The number of carbonyl (C=O) groups is 2. The summed E-state index contributed by atoms with van der Waals surface area (Å²) in [6.45, 7) is 15.0. The van der Waals surface area contributed by atoms with E-state index in [1.807, 2.05) is 13.8 Å². The van der Waals surface area contributed by atoms with Gasteiger partial charge in [-0.05, 0) is 199 Å². The second kappa shape index (κ2) is 20.8. The summed E-state index contributed by atoms with van der Waals surface area (Å²) in [6.07, 6.45) is 27.5. The molecule has 0 bridgehead atoms. The van der Waals surface area contributed by atoms with Crippen molar-refractivity contribution in [3.05, 3.63) is 25.3 Å². The van der Waals surface area contributed by atoms with E-state index < -0.39 is 11.2 Å². The van der Waals surface area contributed by atoms with Crippen LogP contribution in [0.15, 0.2) is 25.3 Å². The molecular weight excluding hydrogens is 866 g/mol. The molecule has 8 saturated carbocycles. The number of aromatic amines is 1. The fourth-order valence-electron chi connectivity index (χ4n) is 16.1. The van der Waals surface area contributed by atoms with Gasteiger partial charge in [-0.2, -0.15) is 10.2 Å². The molecule has 8 aliphatic carbocycles. The molecule has 1 radical (unpaired) electrons. The minimum atomic E-state index is -0.441. The molecular formula is C46H73B2BrN6O4S2-. The number of fused-ring (bicyclic) bond motifs is 10. The van der Waals surface area contributed by atoms with Crippen molar-refractivity contribution in [1.82, 2.24) is 29.9 Å². The molecule has 61 heavy (non-hydrogen) atoms. The Balaban J connectivity index is 0.000000172. The van der Waals surface area contributed by atoms with Crippen LogP contribution in [0, 0.1) is 81.8 Å². The van der Waals surface area contributed by atoms with E-state index in [4.69, 9.17) is 0 Å². The van der Waals surface area contributed by atoms with Crippen LogP contribution in [-0.4, -0.2) is 81.7 Å². The van der Waals surface area contributed by atoms with Gasteiger partial charge in [0.15, 0.2) is 5.78 Å². The molecule has 16 atom stereocenters. The van der Waals surface area contributed by atoms with Gasteiger partial charge in [0.25, 0.3) is 0 Å². The van der Waals surface area contributed by atoms with Crippen molar-refractivity contribution < 1.29 is 19.8 Å². The van der Waals surface area contributed by atoms with E-state index in [0.29, 0.717) is 35.3 Å². The molecule has 0 aliphatic heterocycles. The summed E-state index contributed by atoms with van der Waals surface area (Å²) in [5.74, 6) is 9.25. The van der Waals surface area contributed by atoms with Crippen molar-refractivity contribution in [2.45, 2.75) is 161 Å². The average molecular weight is 940 g/mol. The summed E-state index contributed by atoms with van der Waals surface area (Å²) in [6, 6.07) is 0. The van der Waals surface area contributed by atoms with E-state index in [9.17, 15) is 19.8 Å². The molecule has 8 aliphatic rings. The van der Waals surface area contributed by atoms with Crippen LogP contribution in [0.2, 0.25) is 0 Å². The Kier molecular flexibility index (Phi) is 16.7. The van der Waals surface area contributed by atoms with Crippen LogP contribution < -0.4 is 0 Å². The van der Waals surface area contributed by atoms with Crippen molar-refractivity contribution in [2.75, 3.05) is 5.33 Å². The van der Waals surface area contributed by atoms with E-state index in [2.05, 4.69) is 85.9 Å². The topological polar surface area (TPSA) is 147 Å². The van der Waals surface area contributed by atoms with Crippen LogP contribution in [0.4, 0.5) is 0 Å². The normalized spacial score (nSPS) is 43.9. The predicted octanol–water partition coefficient (Wildman–Crippen LogP) is 8.64. The molecule has 2 aromatic rings. The first kappa shape index (κ1) is 49.0. The SMILES string of the molecule is C[C@@]1(O)CC[C@H]2[C@@H](CC[C@@H]3[C@@H]2CC[C@]2(C)[C@@H](C(=O)CBr)CC[C@@H]32)C1.C[C@@]1(O)CC[C@H]2[C@@H](CC[C@@H]3[C@@H]2CC[C@]2(C)[C@@H](C(=O)Cn4cncn4)CC[C@@H]32)C1.[BH2-]=S.[B]=S.c1nc[nH]n1. The van der Waals surface area contributed by atoms with Crippen LogP contribution >= 0.6 is 40.0 Å². The molecule has 0 spiro atoms. The molecule has 0 saturated heterocycles. The van der Waals surface area contributed by atoms with Gasteiger partial charge in [0.2, 0.25) is 0 Å². The van der Waals surface area contributed by atoms with Crippen molar-refractivity contribution in [3.8, 4) is 0 Å². The Hall–Kier alpha value is -1.41. The van der Waals surface area contributed by atoms with E-state index in [1.165, 1.54) is 96.0 Å². The average Bonchev–Trinajstić information content (AvgIpc) is 4.10. The number of hydrogen-bond donors (Lipinski definition) is 3. The van der Waals surface area contributed by atoms with Crippen LogP contribution in [0.5, 0.6) is 0 Å². The van der Waals surface area contributed by atoms with E-state index in [0.717, 1.165) is 91.8 Å². The number of Topliss-reactive ketones (excluding diaryl/α,β-unsaturated/α-hetero) is 2. The third-order valence-corrected chi connectivity index (χ3v) is 19.1. The van der Waals surface area contributed by atoms with Crippen molar-refractivity contribution in [2.24, 2.45) is 81.8 Å². The fraction of sp³-hybridized carbons (Fsp3) is 0.870. The van der Waals surface area contributed by atoms with Crippen LogP contribution in [0.25, 0.3) is 0 Å². The van der Waals surface area contributed by atoms with Gasteiger partial charge in [-0.1, -0.05) is 29.8 Å².